The quantitative estimate of drug-likeness (QED) is 0.617. The molecule has 2 rings (SSSR count). The van der Waals surface area contributed by atoms with Gasteiger partial charge >= 0.3 is 5.97 Å². The minimum atomic E-state index is -0.0732. The fraction of sp³-hybridized carbons (Fsp3) is 0.615. The molecule has 2 aliphatic carbocycles. The van der Waals surface area contributed by atoms with Crippen molar-refractivity contribution in [1.82, 2.24) is 0 Å². The molecule has 2 heteroatoms. The van der Waals surface area contributed by atoms with E-state index in [-0.39, 0.29) is 17.3 Å². The van der Waals surface area contributed by atoms with Gasteiger partial charge in [-0.1, -0.05) is 26.0 Å². The van der Waals surface area contributed by atoms with Gasteiger partial charge in [-0.25, -0.2) is 0 Å². The second kappa shape index (κ2) is 3.51. The predicted octanol–water partition coefficient (Wildman–Crippen LogP) is 2.85. The summed E-state index contributed by atoms with van der Waals surface area (Å²) in [6.07, 6.45) is 7.35. The standard InChI is InChI=1S/C13H18O2/c1-13(2)7-10-5-4-9(12(14)15-3)6-11(10)8-13/h5,8-9H,4,6-7H2,1-3H3. The lowest BCUT2D eigenvalue weighted by Gasteiger charge is -2.20. The first-order valence-corrected chi connectivity index (χ1v) is 5.51. The van der Waals surface area contributed by atoms with E-state index in [1.165, 1.54) is 18.3 Å². The molecule has 2 nitrogen and oxygen atoms in total. The summed E-state index contributed by atoms with van der Waals surface area (Å²) < 4.78 is 4.79. The molecule has 0 radical (unpaired) electrons. The fourth-order valence-electron chi connectivity index (χ4n) is 2.59. The fourth-order valence-corrected chi connectivity index (χ4v) is 2.59. The van der Waals surface area contributed by atoms with E-state index in [1.54, 1.807) is 0 Å². The maximum atomic E-state index is 11.4. The molecule has 1 atom stereocenters. The van der Waals surface area contributed by atoms with Crippen molar-refractivity contribution in [2.45, 2.75) is 33.1 Å². The van der Waals surface area contributed by atoms with E-state index in [2.05, 4.69) is 26.0 Å². The van der Waals surface area contributed by atoms with E-state index < -0.39 is 0 Å². The Labute approximate surface area is 91.0 Å². The van der Waals surface area contributed by atoms with Crippen molar-refractivity contribution >= 4 is 5.97 Å². The van der Waals surface area contributed by atoms with Crippen LogP contribution in [0.15, 0.2) is 23.3 Å². The highest BCUT2D eigenvalue weighted by molar-refractivity contribution is 5.74. The van der Waals surface area contributed by atoms with Crippen LogP contribution in [-0.4, -0.2) is 13.1 Å². The summed E-state index contributed by atoms with van der Waals surface area (Å²) in [5, 5.41) is 0. The lowest BCUT2D eigenvalue weighted by atomic mass is 9.86. The van der Waals surface area contributed by atoms with E-state index in [0.717, 1.165) is 19.3 Å². The zero-order valence-corrected chi connectivity index (χ0v) is 9.67. The number of allylic oxidation sites excluding steroid dienone is 4. The van der Waals surface area contributed by atoms with Crippen LogP contribution in [0.25, 0.3) is 0 Å². The van der Waals surface area contributed by atoms with Crippen LogP contribution in [0.1, 0.15) is 33.1 Å². The third kappa shape index (κ3) is 1.99. The molecule has 0 fully saturated rings. The van der Waals surface area contributed by atoms with Crippen molar-refractivity contribution in [2.24, 2.45) is 11.3 Å². The van der Waals surface area contributed by atoms with Gasteiger partial charge in [0.15, 0.2) is 0 Å². The number of carbonyl (C=O) groups is 1. The van der Waals surface area contributed by atoms with Crippen molar-refractivity contribution in [1.29, 1.82) is 0 Å². The number of rotatable bonds is 1. The highest BCUT2D eigenvalue weighted by Gasteiger charge is 2.33. The molecule has 1 unspecified atom stereocenters. The molecule has 0 saturated heterocycles. The summed E-state index contributed by atoms with van der Waals surface area (Å²) in [5.41, 5.74) is 3.08. The molecule has 0 spiro atoms. The number of methoxy groups -OCH3 is 1. The molecular formula is C13H18O2. The largest absolute Gasteiger partial charge is 0.469 e. The first-order chi connectivity index (χ1) is 7.02. The molecule has 0 aromatic rings. The van der Waals surface area contributed by atoms with Crippen molar-refractivity contribution < 1.29 is 9.53 Å². The monoisotopic (exact) mass is 206 g/mol. The normalized spacial score (nSPS) is 27.8. The lowest BCUT2D eigenvalue weighted by molar-refractivity contribution is -0.145. The zero-order valence-electron chi connectivity index (χ0n) is 9.67. The lowest BCUT2D eigenvalue weighted by Crippen LogP contribution is -2.18. The predicted molar refractivity (Wildman–Crippen MR) is 59.3 cm³/mol. The number of esters is 1. The number of carbonyl (C=O) groups excluding carboxylic acids is 1. The summed E-state index contributed by atoms with van der Waals surface area (Å²) in [6, 6.07) is 0. The minimum Gasteiger partial charge on any atom is -0.469 e. The van der Waals surface area contributed by atoms with Crippen molar-refractivity contribution in [3.8, 4) is 0 Å². The molecular weight excluding hydrogens is 188 g/mol. The number of fused-ring (bicyclic) bond motifs is 1. The van der Waals surface area contributed by atoms with E-state index in [4.69, 9.17) is 4.74 Å². The molecule has 0 N–H and O–H groups in total. The zero-order chi connectivity index (χ0) is 11.1. The number of hydrogen-bond acceptors (Lipinski definition) is 2. The highest BCUT2D eigenvalue weighted by atomic mass is 16.5. The molecule has 0 bridgehead atoms. The Morgan fingerprint density at radius 3 is 2.87 bits per heavy atom. The Bertz CT molecular complexity index is 348. The topological polar surface area (TPSA) is 26.3 Å². The van der Waals surface area contributed by atoms with Gasteiger partial charge in [0.25, 0.3) is 0 Å². The number of hydrogen-bond donors (Lipinski definition) is 0. The van der Waals surface area contributed by atoms with Gasteiger partial charge < -0.3 is 4.74 Å². The SMILES string of the molecule is COC(=O)C1CC=C2CC(C)(C)C=C2C1. The van der Waals surface area contributed by atoms with Crippen LogP contribution < -0.4 is 0 Å². The molecule has 0 aromatic carbocycles. The van der Waals surface area contributed by atoms with Gasteiger partial charge in [0.1, 0.15) is 0 Å². The van der Waals surface area contributed by atoms with Gasteiger partial charge in [-0.15, -0.1) is 0 Å². The van der Waals surface area contributed by atoms with Crippen LogP contribution in [0, 0.1) is 11.3 Å². The maximum Gasteiger partial charge on any atom is 0.309 e. The number of ether oxygens (including phenoxy) is 1. The Kier molecular flexibility index (Phi) is 2.45. The average Bonchev–Trinajstić information content (AvgIpc) is 2.49. The van der Waals surface area contributed by atoms with Crippen molar-refractivity contribution in [3.63, 3.8) is 0 Å². The molecule has 0 heterocycles. The summed E-state index contributed by atoms with van der Waals surface area (Å²) in [7, 11) is 1.47. The molecule has 0 aliphatic heterocycles. The summed E-state index contributed by atoms with van der Waals surface area (Å²) in [5.74, 6) is -0.0326. The van der Waals surface area contributed by atoms with Gasteiger partial charge in [0.2, 0.25) is 0 Å². The second-order valence-corrected chi connectivity index (χ2v) is 5.22. The highest BCUT2D eigenvalue weighted by Crippen LogP contribution is 2.44. The smallest absolute Gasteiger partial charge is 0.309 e. The van der Waals surface area contributed by atoms with Gasteiger partial charge in [-0.05, 0) is 35.8 Å². The van der Waals surface area contributed by atoms with Crippen LogP contribution in [0.4, 0.5) is 0 Å². The van der Waals surface area contributed by atoms with Gasteiger partial charge in [-0.2, -0.15) is 0 Å². The van der Waals surface area contributed by atoms with Crippen LogP contribution in [0.2, 0.25) is 0 Å². The van der Waals surface area contributed by atoms with Crippen LogP contribution in [0.5, 0.6) is 0 Å². The average molecular weight is 206 g/mol. The van der Waals surface area contributed by atoms with Gasteiger partial charge in [0.05, 0.1) is 13.0 Å². The van der Waals surface area contributed by atoms with Gasteiger partial charge in [-0.3, -0.25) is 4.79 Å². The third-order valence-electron chi connectivity index (χ3n) is 3.27. The van der Waals surface area contributed by atoms with Crippen LogP contribution in [0.3, 0.4) is 0 Å². The first kappa shape index (κ1) is 10.5. The summed E-state index contributed by atoms with van der Waals surface area (Å²) in [4.78, 5) is 11.4. The molecule has 0 aromatic heterocycles. The van der Waals surface area contributed by atoms with E-state index >= 15 is 0 Å². The van der Waals surface area contributed by atoms with Crippen molar-refractivity contribution in [3.05, 3.63) is 23.3 Å². The van der Waals surface area contributed by atoms with E-state index in [1.807, 2.05) is 0 Å². The van der Waals surface area contributed by atoms with Crippen LogP contribution >= 0.6 is 0 Å². The minimum absolute atomic E-state index is 0.0406. The van der Waals surface area contributed by atoms with Gasteiger partial charge in [0, 0.05) is 0 Å². The third-order valence-corrected chi connectivity index (χ3v) is 3.27. The summed E-state index contributed by atoms with van der Waals surface area (Å²) >= 11 is 0. The van der Waals surface area contributed by atoms with Crippen LogP contribution in [-0.2, 0) is 9.53 Å². The Balaban J connectivity index is 2.17. The molecule has 82 valence electrons. The van der Waals surface area contributed by atoms with E-state index in [0.29, 0.717) is 0 Å². The van der Waals surface area contributed by atoms with E-state index in [9.17, 15) is 4.79 Å². The Morgan fingerprint density at radius 2 is 2.20 bits per heavy atom. The maximum absolute atomic E-state index is 11.4. The Morgan fingerprint density at radius 1 is 1.47 bits per heavy atom. The van der Waals surface area contributed by atoms with Crippen molar-refractivity contribution in [2.75, 3.05) is 7.11 Å². The second-order valence-electron chi connectivity index (χ2n) is 5.22. The summed E-state index contributed by atoms with van der Waals surface area (Å²) in [6.45, 7) is 4.48. The molecule has 0 amide bonds. The Hall–Kier alpha value is -1.05. The molecule has 2 aliphatic rings. The first-order valence-electron chi connectivity index (χ1n) is 5.51. The molecule has 15 heavy (non-hydrogen) atoms. The molecule has 0 saturated carbocycles.